The summed E-state index contributed by atoms with van der Waals surface area (Å²) in [5, 5.41) is 8.53. The van der Waals surface area contributed by atoms with Gasteiger partial charge >= 0.3 is 5.97 Å². The van der Waals surface area contributed by atoms with Gasteiger partial charge < -0.3 is 10.8 Å². The summed E-state index contributed by atoms with van der Waals surface area (Å²) < 4.78 is 0. The van der Waals surface area contributed by atoms with Crippen molar-refractivity contribution in [1.29, 1.82) is 0 Å². The molecule has 17 heavy (non-hydrogen) atoms. The molecule has 9 heteroatoms. The largest absolute Gasteiger partial charge is 0.480 e. The highest BCUT2D eigenvalue weighted by atomic mass is 16.4. The Morgan fingerprint density at radius 3 is 2.12 bits per heavy atom. The molecule has 0 rings (SSSR count). The van der Waals surface area contributed by atoms with Crippen LogP contribution in [0.25, 0.3) is 0 Å². The third-order valence-electron chi connectivity index (χ3n) is 1.48. The number of primary amides is 1. The number of carboxylic acid groups (broad SMARTS) is 1. The number of carboxylic acids is 1. The van der Waals surface area contributed by atoms with Gasteiger partial charge in [0.15, 0.2) is 0 Å². The molecule has 0 spiro atoms. The molecular weight excluding hydrogens is 232 g/mol. The van der Waals surface area contributed by atoms with Crippen LogP contribution in [0.4, 0.5) is 0 Å². The average molecular weight is 246 g/mol. The topological polar surface area (TPSA) is 142 Å². The molecular formula is C8H14N4O5. The monoisotopic (exact) mass is 246 g/mol. The SMILES string of the molecule is CC(=O)NNC(=O)CN(CC(N)=O)CC(=O)O. The van der Waals surface area contributed by atoms with Crippen LogP contribution in [0.2, 0.25) is 0 Å². The van der Waals surface area contributed by atoms with Gasteiger partial charge in [0.2, 0.25) is 11.8 Å². The van der Waals surface area contributed by atoms with Crippen LogP contribution in [-0.2, 0) is 19.2 Å². The third-order valence-corrected chi connectivity index (χ3v) is 1.48. The van der Waals surface area contributed by atoms with Gasteiger partial charge in [0.05, 0.1) is 19.6 Å². The summed E-state index contributed by atoms with van der Waals surface area (Å²) >= 11 is 0. The number of nitrogens with one attached hydrogen (secondary N) is 2. The van der Waals surface area contributed by atoms with Crippen molar-refractivity contribution < 1.29 is 24.3 Å². The Morgan fingerprint density at radius 2 is 1.71 bits per heavy atom. The summed E-state index contributed by atoms with van der Waals surface area (Å²) in [4.78, 5) is 43.8. The van der Waals surface area contributed by atoms with Gasteiger partial charge in [0.25, 0.3) is 5.91 Å². The Kier molecular flexibility index (Phi) is 6.26. The van der Waals surface area contributed by atoms with Crippen LogP contribution in [-0.4, -0.2) is 53.3 Å². The second-order valence-corrected chi connectivity index (χ2v) is 3.23. The Labute approximate surface area is 96.9 Å². The quantitative estimate of drug-likeness (QED) is 0.368. The lowest BCUT2D eigenvalue weighted by Crippen LogP contribution is -2.48. The Bertz CT molecular complexity index is 314. The maximum atomic E-state index is 11.2. The summed E-state index contributed by atoms with van der Waals surface area (Å²) in [6, 6.07) is 0. The summed E-state index contributed by atoms with van der Waals surface area (Å²) in [7, 11) is 0. The average Bonchev–Trinajstić information content (AvgIpc) is 2.12. The molecule has 0 unspecified atom stereocenters. The van der Waals surface area contributed by atoms with Crippen molar-refractivity contribution in [3.05, 3.63) is 0 Å². The van der Waals surface area contributed by atoms with E-state index >= 15 is 0 Å². The van der Waals surface area contributed by atoms with Crippen LogP contribution in [0.1, 0.15) is 6.92 Å². The third kappa shape index (κ3) is 8.81. The molecule has 3 amide bonds. The second-order valence-electron chi connectivity index (χ2n) is 3.23. The molecule has 0 aliphatic carbocycles. The number of nitrogens with zero attached hydrogens (tertiary/aromatic N) is 1. The van der Waals surface area contributed by atoms with E-state index in [1.54, 1.807) is 0 Å². The molecule has 9 nitrogen and oxygen atoms in total. The lowest BCUT2D eigenvalue weighted by atomic mass is 10.4. The fraction of sp³-hybridized carbons (Fsp3) is 0.500. The molecule has 0 aromatic carbocycles. The number of nitrogens with two attached hydrogens (primary N) is 1. The number of carbonyl (C=O) groups excluding carboxylic acids is 3. The minimum Gasteiger partial charge on any atom is -0.480 e. The number of hydrazine groups is 1. The lowest BCUT2D eigenvalue weighted by molar-refractivity contribution is -0.139. The molecule has 0 saturated carbocycles. The summed E-state index contributed by atoms with van der Waals surface area (Å²) in [5.41, 5.74) is 8.95. The number of hydrogen-bond acceptors (Lipinski definition) is 5. The summed E-state index contributed by atoms with van der Waals surface area (Å²) in [5.74, 6) is -3.07. The summed E-state index contributed by atoms with van der Waals surface area (Å²) in [6.07, 6.45) is 0. The van der Waals surface area contributed by atoms with Gasteiger partial charge in [-0.1, -0.05) is 0 Å². The molecule has 0 heterocycles. The minimum absolute atomic E-state index is 0.361. The zero-order valence-corrected chi connectivity index (χ0v) is 9.23. The van der Waals surface area contributed by atoms with Crippen LogP contribution >= 0.6 is 0 Å². The van der Waals surface area contributed by atoms with Gasteiger partial charge in [0.1, 0.15) is 0 Å². The van der Waals surface area contributed by atoms with Crippen LogP contribution in [0.3, 0.4) is 0 Å². The van der Waals surface area contributed by atoms with E-state index in [1.165, 1.54) is 6.92 Å². The molecule has 0 fully saturated rings. The van der Waals surface area contributed by atoms with E-state index in [0.717, 1.165) is 4.90 Å². The zero-order chi connectivity index (χ0) is 13.4. The molecule has 0 atom stereocenters. The fourth-order valence-electron chi connectivity index (χ4n) is 0.980. The number of amides is 3. The van der Waals surface area contributed by atoms with E-state index in [2.05, 4.69) is 0 Å². The highest BCUT2D eigenvalue weighted by Crippen LogP contribution is 1.87. The van der Waals surface area contributed by atoms with Gasteiger partial charge in [-0.3, -0.25) is 34.9 Å². The van der Waals surface area contributed by atoms with E-state index in [4.69, 9.17) is 10.8 Å². The number of hydrogen-bond donors (Lipinski definition) is 4. The smallest absolute Gasteiger partial charge is 0.317 e. The van der Waals surface area contributed by atoms with Crippen LogP contribution in [0.15, 0.2) is 0 Å². The number of carbonyl (C=O) groups is 4. The highest BCUT2D eigenvalue weighted by Gasteiger charge is 2.15. The first-order valence-corrected chi connectivity index (χ1v) is 4.59. The van der Waals surface area contributed by atoms with E-state index in [-0.39, 0.29) is 13.1 Å². The standard InChI is InChI=1S/C8H14N4O5/c1-5(13)10-11-7(15)3-12(2-6(9)14)4-8(16)17/h2-4H2,1H3,(H2,9,14)(H,10,13)(H,11,15)(H,16,17). The first kappa shape index (κ1) is 14.8. The molecule has 96 valence electrons. The van der Waals surface area contributed by atoms with Crippen LogP contribution < -0.4 is 16.6 Å². The molecule has 5 N–H and O–H groups in total. The zero-order valence-electron chi connectivity index (χ0n) is 9.23. The van der Waals surface area contributed by atoms with Gasteiger partial charge in [-0.2, -0.15) is 0 Å². The van der Waals surface area contributed by atoms with Crippen molar-refractivity contribution in [2.45, 2.75) is 6.92 Å². The fourth-order valence-corrected chi connectivity index (χ4v) is 0.980. The van der Waals surface area contributed by atoms with E-state index < -0.39 is 30.2 Å². The number of rotatable bonds is 6. The Balaban J connectivity index is 4.21. The predicted octanol–water partition coefficient (Wildman–Crippen LogP) is -2.97. The second kappa shape index (κ2) is 7.17. The van der Waals surface area contributed by atoms with E-state index in [1.807, 2.05) is 10.9 Å². The van der Waals surface area contributed by atoms with Crippen molar-refractivity contribution >= 4 is 23.7 Å². The summed E-state index contributed by atoms with van der Waals surface area (Å²) in [6.45, 7) is -0.0373. The molecule has 0 aromatic heterocycles. The van der Waals surface area contributed by atoms with Gasteiger partial charge in [-0.25, -0.2) is 0 Å². The maximum Gasteiger partial charge on any atom is 0.317 e. The van der Waals surface area contributed by atoms with Crippen LogP contribution in [0, 0.1) is 0 Å². The Hall–Kier alpha value is -2.16. The molecule has 0 aromatic rings. The van der Waals surface area contributed by atoms with Crippen molar-refractivity contribution in [1.82, 2.24) is 15.8 Å². The van der Waals surface area contributed by atoms with Crippen molar-refractivity contribution in [2.75, 3.05) is 19.6 Å². The van der Waals surface area contributed by atoms with Crippen LogP contribution in [0.5, 0.6) is 0 Å². The Morgan fingerprint density at radius 1 is 1.12 bits per heavy atom. The lowest BCUT2D eigenvalue weighted by Gasteiger charge is -2.17. The first-order chi connectivity index (χ1) is 7.81. The number of aliphatic carboxylic acids is 1. The maximum absolute atomic E-state index is 11.2. The predicted molar refractivity (Wildman–Crippen MR) is 55.2 cm³/mol. The molecule has 0 aliphatic heterocycles. The van der Waals surface area contributed by atoms with Gasteiger partial charge in [-0.15, -0.1) is 0 Å². The van der Waals surface area contributed by atoms with Gasteiger partial charge in [-0.05, 0) is 0 Å². The molecule has 0 radical (unpaired) electrons. The van der Waals surface area contributed by atoms with Crippen molar-refractivity contribution in [3.8, 4) is 0 Å². The highest BCUT2D eigenvalue weighted by molar-refractivity contribution is 5.83. The van der Waals surface area contributed by atoms with E-state index in [9.17, 15) is 19.2 Å². The van der Waals surface area contributed by atoms with Crippen molar-refractivity contribution in [2.24, 2.45) is 5.73 Å². The van der Waals surface area contributed by atoms with E-state index in [0.29, 0.717) is 0 Å². The first-order valence-electron chi connectivity index (χ1n) is 4.59. The normalized spacial score (nSPS) is 9.76. The van der Waals surface area contributed by atoms with Crippen molar-refractivity contribution in [3.63, 3.8) is 0 Å². The molecule has 0 bridgehead atoms. The molecule has 0 aliphatic rings. The minimum atomic E-state index is -1.20. The van der Waals surface area contributed by atoms with Gasteiger partial charge in [0, 0.05) is 6.92 Å². The molecule has 0 saturated heterocycles.